The summed E-state index contributed by atoms with van der Waals surface area (Å²) in [4.78, 5) is 13.1. The summed E-state index contributed by atoms with van der Waals surface area (Å²) in [6.45, 7) is 3.60. The van der Waals surface area contributed by atoms with Crippen LogP contribution in [0.25, 0.3) is 0 Å². The van der Waals surface area contributed by atoms with Gasteiger partial charge in [-0.3, -0.25) is 4.79 Å². The molecule has 1 N–H and O–H groups in total. The summed E-state index contributed by atoms with van der Waals surface area (Å²) < 4.78 is 13.5. The molecular formula is C14H18ClFN2O. The summed E-state index contributed by atoms with van der Waals surface area (Å²) in [5.41, 5.74) is 0.585. The van der Waals surface area contributed by atoms with Crippen LogP contribution in [0.3, 0.4) is 0 Å². The number of hydrogen-bond donors (Lipinski definition) is 1. The maximum Gasteiger partial charge on any atom is 0.219 e. The lowest BCUT2D eigenvalue weighted by Gasteiger charge is -2.31. The van der Waals surface area contributed by atoms with E-state index in [9.17, 15) is 9.18 Å². The van der Waals surface area contributed by atoms with Crippen LogP contribution in [-0.2, 0) is 11.3 Å². The van der Waals surface area contributed by atoms with Gasteiger partial charge in [0, 0.05) is 43.2 Å². The average Bonchev–Trinajstić information content (AvgIpc) is 2.40. The molecule has 0 unspecified atom stereocenters. The second kappa shape index (κ2) is 6.35. The van der Waals surface area contributed by atoms with Crippen molar-refractivity contribution in [2.24, 2.45) is 0 Å². The number of piperidine rings is 1. The fourth-order valence-electron chi connectivity index (χ4n) is 2.33. The number of hydrogen-bond acceptors (Lipinski definition) is 2. The van der Waals surface area contributed by atoms with Crippen molar-refractivity contribution in [3.05, 3.63) is 34.6 Å². The third-order valence-electron chi connectivity index (χ3n) is 3.53. The lowest BCUT2D eigenvalue weighted by atomic mass is 10.0. The molecule has 1 aromatic rings. The third-order valence-corrected chi connectivity index (χ3v) is 3.76. The lowest BCUT2D eigenvalue weighted by Crippen LogP contribution is -2.44. The third kappa shape index (κ3) is 3.91. The predicted octanol–water partition coefficient (Wildman–Crippen LogP) is 2.58. The summed E-state index contributed by atoms with van der Waals surface area (Å²) in [6.07, 6.45) is 1.81. The Kier molecular flexibility index (Phi) is 4.77. The molecule has 1 saturated heterocycles. The van der Waals surface area contributed by atoms with Gasteiger partial charge in [-0.2, -0.15) is 0 Å². The van der Waals surface area contributed by atoms with E-state index >= 15 is 0 Å². The molecule has 0 atom stereocenters. The quantitative estimate of drug-likeness (QED) is 0.925. The fourth-order valence-corrected chi connectivity index (χ4v) is 2.53. The van der Waals surface area contributed by atoms with Crippen molar-refractivity contribution >= 4 is 17.5 Å². The molecular weight excluding hydrogens is 267 g/mol. The topological polar surface area (TPSA) is 32.3 Å². The van der Waals surface area contributed by atoms with Crippen molar-refractivity contribution in [1.82, 2.24) is 10.2 Å². The van der Waals surface area contributed by atoms with Crippen LogP contribution in [0.15, 0.2) is 18.2 Å². The zero-order valence-corrected chi connectivity index (χ0v) is 11.7. The van der Waals surface area contributed by atoms with Crippen LogP contribution in [0, 0.1) is 5.82 Å². The first-order chi connectivity index (χ1) is 9.06. The molecule has 1 aliphatic heterocycles. The normalized spacial score (nSPS) is 16.7. The van der Waals surface area contributed by atoms with E-state index in [0.29, 0.717) is 23.2 Å². The highest BCUT2D eigenvalue weighted by Gasteiger charge is 2.20. The Morgan fingerprint density at radius 2 is 2.16 bits per heavy atom. The van der Waals surface area contributed by atoms with Crippen LogP contribution < -0.4 is 5.32 Å². The monoisotopic (exact) mass is 284 g/mol. The van der Waals surface area contributed by atoms with Crippen LogP contribution in [0.1, 0.15) is 25.3 Å². The van der Waals surface area contributed by atoms with Crippen LogP contribution in [0.5, 0.6) is 0 Å². The Balaban J connectivity index is 1.83. The number of benzene rings is 1. The smallest absolute Gasteiger partial charge is 0.219 e. The Morgan fingerprint density at radius 3 is 2.79 bits per heavy atom. The van der Waals surface area contributed by atoms with E-state index in [0.717, 1.165) is 25.9 Å². The van der Waals surface area contributed by atoms with Gasteiger partial charge in [0.25, 0.3) is 0 Å². The summed E-state index contributed by atoms with van der Waals surface area (Å²) in [5.74, 6) is -0.114. The first-order valence-corrected chi connectivity index (χ1v) is 6.87. The molecule has 1 aromatic carbocycles. The lowest BCUT2D eigenvalue weighted by molar-refractivity contribution is -0.129. The molecule has 5 heteroatoms. The fraction of sp³-hybridized carbons (Fsp3) is 0.500. The molecule has 3 nitrogen and oxygen atoms in total. The molecule has 1 fully saturated rings. The van der Waals surface area contributed by atoms with Crippen molar-refractivity contribution < 1.29 is 9.18 Å². The zero-order valence-electron chi connectivity index (χ0n) is 11.0. The molecule has 2 rings (SSSR count). The van der Waals surface area contributed by atoms with Crippen LogP contribution in [-0.4, -0.2) is 29.9 Å². The largest absolute Gasteiger partial charge is 0.343 e. The second-order valence-corrected chi connectivity index (χ2v) is 5.33. The molecule has 0 bridgehead atoms. The number of carbonyl (C=O) groups excluding carboxylic acids is 1. The van der Waals surface area contributed by atoms with Crippen molar-refractivity contribution in [2.75, 3.05) is 13.1 Å². The van der Waals surface area contributed by atoms with Gasteiger partial charge in [0.1, 0.15) is 5.82 Å². The molecule has 1 heterocycles. The minimum Gasteiger partial charge on any atom is -0.343 e. The molecule has 0 aliphatic carbocycles. The number of nitrogens with one attached hydrogen (secondary N) is 1. The SMILES string of the molecule is CC(=O)N1CCC(NCc2cc(Cl)ccc2F)CC1. The van der Waals surface area contributed by atoms with E-state index < -0.39 is 0 Å². The van der Waals surface area contributed by atoms with Gasteiger partial charge in [0.2, 0.25) is 5.91 Å². The highest BCUT2D eigenvalue weighted by Crippen LogP contribution is 2.16. The zero-order chi connectivity index (χ0) is 13.8. The number of amides is 1. The number of nitrogens with zero attached hydrogens (tertiary/aromatic N) is 1. The molecule has 0 aromatic heterocycles. The van der Waals surface area contributed by atoms with Crippen molar-refractivity contribution in [3.8, 4) is 0 Å². The summed E-state index contributed by atoms with van der Waals surface area (Å²) in [5, 5.41) is 3.87. The van der Waals surface area contributed by atoms with E-state index in [-0.39, 0.29) is 11.7 Å². The van der Waals surface area contributed by atoms with Crippen molar-refractivity contribution in [1.29, 1.82) is 0 Å². The number of carbonyl (C=O) groups is 1. The highest BCUT2D eigenvalue weighted by molar-refractivity contribution is 6.30. The van der Waals surface area contributed by atoms with Gasteiger partial charge in [-0.25, -0.2) is 4.39 Å². The summed E-state index contributed by atoms with van der Waals surface area (Å²) in [7, 11) is 0. The van der Waals surface area contributed by atoms with E-state index in [4.69, 9.17) is 11.6 Å². The van der Waals surface area contributed by atoms with Crippen molar-refractivity contribution in [3.63, 3.8) is 0 Å². The first kappa shape index (κ1) is 14.3. The second-order valence-electron chi connectivity index (χ2n) is 4.90. The standard InChI is InChI=1S/C14H18ClFN2O/c1-10(19)18-6-4-13(5-7-18)17-9-11-8-12(15)2-3-14(11)16/h2-3,8,13,17H,4-7,9H2,1H3. The van der Waals surface area contributed by atoms with E-state index in [1.165, 1.54) is 6.07 Å². The van der Waals surface area contributed by atoms with Gasteiger partial charge in [0.05, 0.1) is 0 Å². The van der Waals surface area contributed by atoms with Gasteiger partial charge in [-0.15, -0.1) is 0 Å². The van der Waals surface area contributed by atoms with Crippen LogP contribution in [0.4, 0.5) is 4.39 Å². The van der Waals surface area contributed by atoms with Gasteiger partial charge < -0.3 is 10.2 Å². The van der Waals surface area contributed by atoms with E-state index in [1.54, 1.807) is 19.1 Å². The Bertz CT molecular complexity index is 459. The number of likely N-dealkylation sites (tertiary alicyclic amines) is 1. The molecule has 1 amide bonds. The maximum atomic E-state index is 13.5. The number of rotatable bonds is 3. The average molecular weight is 285 g/mol. The molecule has 0 spiro atoms. The minimum atomic E-state index is -0.238. The Hall–Kier alpha value is -1.13. The van der Waals surface area contributed by atoms with Crippen LogP contribution >= 0.6 is 11.6 Å². The Morgan fingerprint density at radius 1 is 1.47 bits per heavy atom. The summed E-state index contributed by atoms with van der Waals surface area (Å²) in [6, 6.07) is 4.91. The molecule has 0 saturated carbocycles. The molecule has 0 radical (unpaired) electrons. The first-order valence-electron chi connectivity index (χ1n) is 6.49. The maximum absolute atomic E-state index is 13.5. The van der Waals surface area contributed by atoms with Crippen LogP contribution in [0.2, 0.25) is 5.02 Å². The van der Waals surface area contributed by atoms with E-state index in [1.807, 2.05) is 4.90 Å². The van der Waals surface area contributed by atoms with E-state index in [2.05, 4.69) is 5.32 Å². The molecule has 1 aliphatic rings. The minimum absolute atomic E-state index is 0.124. The molecule has 104 valence electrons. The van der Waals surface area contributed by atoms with Gasteiger partial charge in [-0.1, -0.05) is 11.6 Å². The molecule has 19 heavy (non-hydrogen) atoms. The van der Waals surface area contributed by atoms with Crippen molar-refractivity contribution in [2.45, 2.75) is 32.4 Å². The van der Waals surface area contributed by atoms with Gasteiger partial charge >= 0.3 is 0 Å². The Labute approximate surface area is 117 Å². The van der Waals surface area contributed by atoms with Gasteiger partial charge in [0.15, 0.2) is 0 Å². The predicted molar refractivity (Wildman–Crippen MR) is 73.5 cm³/mol. The number of halogens is 2. The summed E-state index contributed by atoms with van der Waals surface area (Å²) >= 11 is 5.85. The van der Waals surface area contributed by atoms with Gasteiger partial charge in [-0.05, 0) is 31.0 Å². The highest BCUT2D eigenvalue weighted by atomic mass is 35.5.